The first-order valence-electron chi connectivity index (χ1n) is 11.6. The molecule has 0 spiro atoms. The summed E-state index contributed by atoms with van der Waals surface area (Å²) in [7, 11) is 1.63. The zero-order valence-electron chi connectivity index (χ0n) is 19.2. The molecule has 1 fully saturated rings. The molecule has 0 radical (unpaired) electrons. The lowest BCUT2D eigenvalue weighted by Crippen LogP contribution is -2.40. The number of aliphatic hydroxyl groups is 1. The number of anilines is 1. The minimum atomic E-state index is -0.723. The van der Waals surface area contributed by atoms with Crippen LogP contribution in [0.3, 0.4) is 0 Å². The van der Waals surface area contributed by atoms with Crippen LogP contribution in [0.4, 0.5) is 5.69 Å². The largest absolute Gasteiger partial charge is 0.497 e. The number of ether oxygens (including phenoxy) is 3. The third-order valence-electron chi connectivity index (χ3n) is 6.52. The highest BCUT2D eigenvalue weighted by Crippen LogP contribution is 2.33. The van der Waals surface area contributed by atoms with Crippen molar-refractivity contribution in [3.63, 3.8) is 0 Å². The third-order valence-corrected chi connectivity index (χ3v) is 6.52. The Morgan fingerprint density at radius 1 is 1.15 bits per heavy atom. The van der Waals surface area contributed by atoms with Crippen LogP contribution in [-0.4, -0.2) is 60.9 Å². The summed E-state index contributed by atoms with van der Waals surface area (Å²) in [6.07, 6.45) is 2.47. The van der Waals surface area contributed by atoms with Gasteiger partial charge in [0.1, 0.15) is 25.1 Å². The summed E-state index contributed by atoms with van der Waals surface area (Å²) < 4.78 is 16.5. The maximum absolute atomic E-state index is 12.8. The number of benzene rings is 2. The van der Waals surface area contributed by atoms with E-state index in [0.717, 1.165) is 42.5 Å². The maximum atomic E-state index is 12.8. The van der Waals surface area contributed by atoms with Crippen LogP contribution in [0.1, 0.15) is 24.6 Å². The normalized spacial score (nSPS) is 17.4. The number of hydrogen-bond donors (Lipinski definition) is 2. The Bertz CT molecular complexity index is 1180. The van der Waals surface area contributed by atoms with Gasteiger partial charge in [-0.3, -0.25) is 9.78 Å². The van der Waals surface area contributed by atoms with Crippen LogP contribution >= 0.6 is 0 Å². The number of aromatic nitrogens is 1. The van der Waals surface area contributed by atoms with Gasteiger partial charge in [-0.1, -0.05) is 6.07 Å². The van der Waals surface area contributed by atoms with E-state index >= 15 is 0 Å². The summed E-state index contributed by atoms with van der Waals surface area (Å²) in [4.78, 5) is 19.5. The molecule has 5 rings (SSSR count). The van der Waals surface area contributed by atoms with Crippen LogP contribution in [-0.2, 0) is 4.79 Å². The number of likely N-dealkylation sites (tertiary alicyclic amines) is 1. The van der Waals surface area contributed by atoms with Crippen LogP contribution < -0.4 is 19.5 Å². The number of aliphatic hydroxyl groups excluding tert-OH is 1. The van der Waals surface area contributed by atoms with E-state index < -0.39 is 6.10 Å². The lowest BCUT2D eigenvalue weighted by Gasteiger charge is -2.32. The Kier molecular flexibility index (Phi) is 6.51. The number of β-amino-alcohol motifs (C(OH)–C–C–N with tert-alkyl or cyclic N) is 1. The lowest BCUT2D eigenvalue weighted by molar-refractivity contribution is -0.121. The second kappa shape index (κ2) is 9.87. The van der Waals surface area contributed by atoms with E-state index in [9.17, 15) is 9.90 Å². The van der Waals surface area contributed by atoms with Gasteiger partial charge in [-0.25, -0.2) is 0 Å². The third kappa shape index (κ3) is 4.78. The number of piperidine rings is 1. The van der Waals surface area contributed by atoms with E-state index in [4.69, 9.17) is 14.2 Å². The summed E-state index contributed by atoms with van der Waals surface area (Å²) in [5.74, 6) is 2.04. The number of rotatable bonds is 6. The van der Waals surface area contributed by atoms with Crippen LogP contribution in [0.25, 0.3) is 10.8 Å². The molecule has 8 nitrogen and oxygen atoms in total. The van der Waals surface area contributed by atoms with Gasteiger partial charge in [0.05, 0.1) is 12.8 Å². The van der Waals surface area contributed by atoms with E-state index in [-0.39, 0.29) is 11.8 Å². The minimum Gasteiger partial charge on any atom is -0.497 e. The molecule has 0 saturated carbocycles. The first kappa shape index (κ1) is 22.4. The van der Waals surface area contributed by atoms with Gasteiger partial charge >= 0.3 is 0 Å². The Morgan fingerprint density at radius 2 is 1.94 bits per heavy atom. The second-order valence-electron chi connectivity index (χ2n) is 8.72. The summed E-state index contributed by atoms with van der Waals surface area (Å²) in [5.41, 5.74) is 1.36. The van der Waals surface area contributed by atoms with Gasteiger partial charge < -0.3 is 29.5 Å². The fourth-order valence-electron chi connectivity index (χ4n) is 4.64. The molecule has 3 aromatic rings. The van der Waals surface area contributed by atoms with Crippen LogP contribution in [0.5, 0.6) is 17.2 Å². The Morgan fingerprint density at radius 3 is 2.74 bits per heavy atom. The molecular weight excluding hydrogens is 434 g/mol. The predicted octanol–water partition coefficient (Wildman–Crippen LogP) is 3.40. The molecule has 1 amide bonds. The molecule has 2 aliphatic rings. The molecule has 2 aliphatic heterocycles. The molecule has 178 valence electrons. The molecule has 2 aromatic carbocycles. The maximum Gasteiger partial charge on any atom is 0.227 e. The summed E-state index contributed by atoms with van der Waals surface area (Å²) in [5, 5.41) is 15.9. The van der Waals surface area contributed by atoms with Crippen molar-refractivity contribution in [2.24, 2.45) is 5.92 Å². The number of nitrogens with one attached hydrogen (secondary N) is 1. The number of hydrogen-bond acceptors (Lipinski definition) is 7. The number of carbonyl (C=O) groups excluding carboxylic acids is 1. The van der Waals surface area contributed by atoms with E-state index in [1.54, 1.807) is 13.3 Å². The standard InChI is InChI=1S/C26H29N3O5/c1-32-20-4-2-17-6-9-27-25(21(17)15-20)22(30)16-29-10-7-18(8-11-29)26(31)28-19-3-5-23-24(14-19)34-13-12-33-23/h2-6,9,14-15,18,22,30H,7-8,10-13,16H2,1H3,(H,28,31). The van der Waals surface area contributed by atoms with Crippen molar-refractivity contribution in [3.05, 3.63) is 54.4 Å². The second-order valence-corrected chi connectivity index (χ2v) is 8.72. The van der Waals surface area contributed by atoms with Gasteiger partial charge in [-0.05, 0) is 61.6 Å². The number of pyridine rings is 1. The van der Waals surface area contributed by atoms with Crippen LogP contribution in [0, 0.1) is 5.92 Å². The van der Waals surface area contributed by atoms with Crippen molar-refractivity contribution in [2.75, 3.05) is 45.3 Å². The topological polar surface area (TPSA) is 93.2 Å². The highest BCUT2D eigenvalue weighted by molar-refractivity contribution is 5.93. The summed E-state index contributed by atoms with van der Waals surface area (Å²) >= 11 is 0. The fourth-order valence-corrected chi connectivity index (χ4v) is 4.64. The SMILES string of the molecule is COc1ccc2ccnc(C(O)CN3CCC(C(=O)Nc4ccc5c(c4)OCCO5)CC3)c2c1. The van der Waals surface area contributed by atoms with Gasteiger partial charge in [0, 0.05) is 35.8 Å². The van der Waals surface area contributed by atoms with Crippen molar-refractivity contribution in [3.8, 4) is 17.2 Å². The Hall–Kier alpha value is -3.36. The van der Waals surface area contributed by atoms with Gasteiger partial charge in [-0.15, -0.1) is 0 Å². The summed E-state index contributed by atoms with van der Waals surface area (Å²) in [6.45, 7) is 3.00. The molecule has 0 bridgehead atoms. The van der Waals surface area contributed by atoms with Gasteiger partial charge in [-0.2, -0.15) is 0 Å². The smallest absolute Gasteiger partial charge is 0.227 e. The molecule has 0 aliphatic carbocycles. The van der Waals surface area contributed by atoms with E-state index in [1.165, 1.54) is 0 Å². The number of methoxy groups -OCH3 is 1. The highest BCUT2D eigenvalue weighted by atomic mass is 16.6. The van der Waals surface area contributed by atoms with Crippen molar-refractivity contribution in [1.82, 2.24) is 9.88 Å². The van der Waals surface area contributed by atoms with E-state index in [1.807, 2.05) is 42.5 Å². The van der Waals surface area contributed by atoms with E-state index in [2.05, 4.69) is 15.2 Å². The zero-order chi connectivity index (χ0) is 23.5. The number of nitrogens with zero attached hydrogens (tertiary/aromatic N) is 2. The van der Waals surface area contributed by atoms with Crippen LogP contribution in [0.2, 0.25) is 0 Å². The predicted molar refractivity (Wildman–Crippen MR) is 128 cm³/mol. The molecule has 1 unspecified atom stereocenters. The zero-order valence-corrected chi connectivity index (χ0v) is 19.2. The molecule has 1 saturated heterocycles. The molecule has 3 heterocycles. The van der Waals surface area contributed by atoms with Gasteiger partial charge in [0.25, 0.3) is 0 Å². The molecule has 34 heavy (non-hydrogen) atoms. The van der Waals surface area contributed by atoms with Gasteiger partial charge in [0.15, 0.2) is 11.5 Å². The molecule has 1 atom stereocenters. The fraction of sp³-hybridized carbons (Fsp3) is 0.385. The first-order chi connectivity index (χ1) is 16.6. The molecule has 8 heteroatoms. The van der Waals surface area contributed by atoms with Gasteiger partial charge in [0.2, 0.25) is 5.91 Å². The molecular formula is C26H29N3O5. The first-order valence-corrected chi connectivity index (χ1v) is 11.6. The summed E-state index contributed by atoms with van der Waals surface area (Å²) in [6, 6.07) is 13.2. The molecule has 1 aromatic heterocycles. The number of amides is 1. The minimum absolute atomic E-state index is 0.0136. The van der Waals surface area contributed by atoms with Crippen molar-refractivity contribution in [2.45, 2.75) is 18.9 Å². The lowest BCUT2D eigenvalue weighted by atomic mass is 9.95. The molecule has 2 N–H and O–H groups in total. The average molecular weight is 464 g/mol. The van der Waals surface area contributed by atoms with E-state index in [0.29, 0.717) is 42.6 Å². The highest BCUT2D eigenvalue weighted by Gasteiger charge is 2.27. The van der Waals surface area contributed by atoms with Crippen LogP contribution in [0.15, 0.2) is 48.7 Å². The van der Waals surface area contributed by atoms with Crippen molar-refractivity contribution >= 4 is 22.4 Å². The number of fused-ring (bicyclic) bond motifs is 2. The van der Waals surface area contributed by atoms with Crippen molar-refractivity contribution in [1.29, 1.82) is 0 Å². The number of carbonyl (C=O) groups is 1. The Labute approximate surface area is 198 Å². The quantitative estimate of drug-likeness (QED) is 0.579. The average Bonchev–Trinajstić information content (AvgIpc) is 2.88. The Balaban J connectivity index is 1.17. The van der Waals surface area contributed by atoms with Crippen molar-refractivity contribution < 1.29 is 24.1 Å². The monoisotopic (exact) mass is 463 g/mol.